The molecule has 5 nitrogen and oxygen atoms in total. The number of benzene rings is 2. The summed E-state index contributed by atoms with van der Waals surface area (Å²) in [7, 11) is 0. The lowest BCUT2D eigenvalue weighted by atomic mass is 10.2. The molecule has 0 saturated heterocycles. The molecule has 0 radical (unpaired) electrons. The molecule has 3 rings (SSSR count). The van der Waals surface area contributed by atoms with Gasteiger partial charge in [0.1, 0.15) is 12.4 Å². The first-order chi connectivity index (χ1) is 10.7. The van der Waals surface area contributed by atoms with E-state index < -0.39 is 11.8 Å². The maximum atomic E-state index is 13.0. The van der Waals surface area contributed by atoms with Crippen LogP contribution in [0, 0.1) is 5.82 Å². The van der Waals surface area contributed by atoms with Gasteiger partial charge in [0.25, 0.3) is 0 Å². The van der Waals surface area contributed by atoms with Gasteiger partial charge in [-0.25, -0.2) is 9.18 Å². The maximum absolute atomic E-state index is 13.0. The van der Waals surface area contributed by atoms with Gasteiger partial charge in [0, 0.05) is 5.69 Å². The first kappa shape index (κ1) is 14.2. The van der Waals surface area contributed by atoms with Crippen molar-refractivity contribution in [1.82, 2.24) is 5.32 Å². The molecule has 2 aromatic carbocycles. The minimum atomic E-state index is -0.423. The Morgan fingerprint density at radius 1 is 1.18 bits per heavy atom. The fraction of sp³-hybridized carbons (Fsp3) is 0.188. The summed E-state index contributed by atoms with van der Waals surface area (Å²) in [5, 5.41) is 5.23. The molecule has 0 aliphatic carbocycles. The van der Waals surface area contributed by atoms with E-state index in [1.807, 2.05) is 24.3 Å². The zero-order valence-electron chi connectivity index (χ0n) is 11.7. The van der Waals surface area contributed by atoms with E-state index in [9.17, 15) is 9.18 Å². The Hall–Kier alpha value is -2.76. The number of hydrogen-bond acceptors (Lipinski definition) is 3. The van der Waals surface area contributed by atoms with Crippen molar-refractivity contribution in [3.8, 4) is 11.5 Å². The highest BCUT2D eigenvalue weighted by atomic mass is 19.1. The summed E-state index contributed by atoms with van der Waals surface area (Å²) >= 11 is 0. The zero-order chi connectivity index (χ0) is 15.4. The van der Waals surface area contributed by atoms with E-state index in [4.69, 9.17) is 9.47 Å². The quantitative estimate of drug-likeness (QED) is 0.916. The van der Waals surface area contributed by atoms with Crippen molar-refractivity contribution in [3.05, 3.63) is 54.3 Å². The molecule has 0 bridgehead atoms. The Bertz CT molecular complexity index is 678. The van der Waals surface area contributed by atoms with Crippen LogP contribution in [-0.2, 0) is 0 Å². The molecule has 6 heteroatoms. The average molecular weight is 302 g/mol. The number of ether oxygens (including phenoxy) is 2. The molecule has 2 N–H and O–H groups in total. The van der Waals surface area contributed by atoms with Crippen molar-refractivity contribution in [3.63, 3.8) is 0 Å². The molecule has 0 aromatic heterocycles. The van der Waals surface area contributed by atoms with E-state index in [1.54, 1.807) is 6.07 Å². The highest BCUT2D eigenvalue weighted by Gasteiger charge is 2.20. The Morgan fingerprint density at radius 2 is 2.00 bits per heavy atom. The van der Waals surface area contributed by atoms with Crippen molar-refractivity contribution < 1.29 is 18.7 Å². The van der Waals surface area contributed by atoms with E-state index >= 15 is 0 Å². The van der Waals surface area contributed by atoms with Crippen LogP contribution in [0.5, 0.6) is 11.5 Å². The van der Waals surface area contributed by atoms with Crippen LogP contribution in [0.25, 0.3) is 0 Å². The summed E-state index contributed by atoms with van der Waals surface area (Å²) in [6, 6.07) is 12.6. The van der Waals surface area contributed by atoms with E-state index in [2.05, 4.69) is 10.6 Å². The molecule has 2 amide bonds. The van der Waals surface area contributed by atoms with Crippen LogP contribution < -0.4 is 20.1 Å². The Morgan fingerprint density at radius 3 is 2.82 bits per heavy atom. The first-order valence-electron chi connectivity index (χ1n) is 6.89. The molecule has 114 valence electrons. The molecular weight excluding hydrogens is 287 g/mol. The lowest BCUT2D eigenvalue weighted by Gasteiger charge is -2.26. The summed E-state index contributed by atoms with van der Waals surface area (Å²) in [4.78, 5) is 11.8. The minimum Gasteiger partial charge on any atom is -0.486 e. The molecule has 0 fully saturated rings. The SMILES string of the molecule is O=C(NC[C@H]1COc2ccccc2O1)Nc1cccc(F)c1. The van der Waals surface area contributed by atoms with Crippen LogP contribution in [-0.4, -0.2) is 25.3 Å². The van der Waals surface area contributed by atoms with Gasteiger partial charge in [0.2, 0.25) is 0 Å². The second kappa shape index (κ2) is 6.34. The number of carbonyl (C=O) groups is 1. The van der Waals surface area contributed by atoms with Crippen molar-refractivity contribution in [1.29, 1.82) is 0 Å². The second-order valence-electron chi connectivity index (χ2n) is 4.84. The molecule has 1 heterocycles. The lowest BCUT2D eigenvalue weighted by molar-refractivity contribution is 0.0922. The van der Waals surface area contributed by atoms with Gasteiger partial charge in [0.05, 0.1) is 6.54 Å². The molecule has 0 saturated carbocycles. The smallest absolute Gasteiger partial charge is 0.319 e. The topological polar surface area (TPSA) is 59.6 Å². The second-order valence-corrected chi connectivity index (χ2v) is 4.84. The van der Waals surface area contributed by atoms with Gasteiger partial charge in [-0.15, -0.1) is 0 Å². The third-order valence-corrected chi connectivity index (χ3v) is 3.14. The Kier molecular flexibility index (Phi) is 4.09. The number of hydrogen-bond donors (Lipinski definition) is 2. The molecule has 0 spiro atoms. The summed E-state index contributed by atoms with van der Waals surface area (Å²) in [6.07, 6.45) is -0.270. The molecule has 2 aromatic rings. The normalized spacial score (nSPS) is 16.0. The van der Waals surface area contributed by atoms with Crippen molar-refractivity contribution in [2.75, 3.05) is 18.5 Å². The monoisotopic (exact) mass is 302 g/mol. The van der Waals surface area contributed by atoms with Crippen LogP contribution in [0.4, 0.5) is 14.9 Å². The van der Waals surface area contributed by atoms with Crippen molar-refractivity contribution in [2.45, 2.75) is 6.10 Å². The molecule has 1 aliphatic rings. The van der Waals surface area contributed by atoms with Gasteiger partial charge < -0.3 is 20.1 Å². The van der Waals surface area contributed by atoms with E-state index in [-0.39, 0.29) is 12.6 Å². The van der Waals surface area contributed by atoms with Crippen LogP contribution in [0.3, 0.4) is 0 Å². The number of para-hydroxylation sites is 2. The van der Waals surface area contributed by atoms with Gasteiger partial charge in [-0.05, 0) is 30.3 Å². The standard InChI is InChI=1S/C16H15FN2O3/c17-11-4-3-5-12(8-11)19-16(20)18-9-13-10-21-14-6-1-2-7-15(14)22-13/h1-8,13H,9-10H2,(H2,18,19,20)/t13-/m0/s1. The number of fused-ring (bicyclic) bond motifs is 1. The lowest BCUT2D eigenvalue weighted by Crippen LogP contribution is -2.42. The van der Waals surface area contributed by atoms with Gasteiger partial charge in [-0.3, -0.25) is 0 Å². The number of carbonyl (C=O) groups excluding carboxylic acids is 1. The van der Waals surface area contributed by atoms with Gasteiger partial charge in [-0.1, -0.05) is 18.2 Å². The number of anilines is 1. The molecule has 1 aliphatic heterocycles. The van der Waals surface area contributed by atoms with Crippen LogP contribution in [0.2, 0.25) is 0 Å². The van der Waals surface area contributed by atoms with Crippen molar-refractivity contribution in [2.24, 2.45) is 0 Å². The zero-order valence-corrected chi connectivity index (χ0v) is 11.7. The fourth-order valence-electron chi connectivity index (χ4n) is 2.11. The van der Waals surface area contributed by atoms with Crippen LogP contribution >= 0.6 is 0 Å². The van der Waals surface area contributed by atoms with Crippen LogP contribution in [0.15, 0.2) is 48.5 Å². The maximum Gasteiger partial charge on any atom is 0.319 e. The van der Waals surface area contributed by atoms with Gasteiger partial charge in [0.15, 0.2) is 17.6 Å². The number of halogens is 1. The number of amides is 2. The first-order valence-corrected chi connectivity index (χ1v) is 6.89. The number of rotatable bonds is 3. The van der Waals surface area contributed by atoms with Crippen LogP contribution in [0.1, 0.15) is 0 Å². The van der Waals surface area contributed by atoms with E-state index in [0.29, 0.717) is 23.8 Å². The largest absolute Gasteiger partial charge is 0.486 e. The van der Waals surface area contributed by atoms with E-state index in [0.717, 1.165) is 0 Å². The predicted octanol–water partition coefficient (Wildman–Crippen LogP) is 2.79. The summed E-state index contributed by atoms with van der Waals surface area (Å²) < 4.78 is 24.3. The Labute approximate surface area is 127 Å². The molecular formula is C16H15FN2O3. The predicted molar refractivity (Wildman–Crippen MR) is 79.8 cm³/mol. The minimum absolute atomic E-state index is 0.270. The number of nitrogens with one attached hydrogen (secondary N) is 2. The third kappa shape index (κ3) is 3.46. The summed E-state index contributed by atoms with van der Waals surface area (Å²) in [5.74, 6) is 0.951. The summed E-state index contributed by atoms with van der Waals surface area (Å²) in [6.45, 7) is 0.646. The van der Waals surface area contributed by atoms with Crippen molar-refractivity contribution >= 4 is 11.7 Å². The average Bonchev–Trinajstić information content (AvgIpc) is 2.53. The highest BCUT2D eigenvalue weighted by molar-refractivity contribution is 5.89. The fourth-order valence-corrected chi connectivity index (χ4v) is 2.11. The number of urea groups is 1. The molecule has 0 unspecified atom stereocenters. The van der Waals surface area contributed by atoms with Gasteiger partial charge >= 0.3 is 6.03 Å². The molecule has 1 atom stereocenters. The van der Waals surface area contributed by atoms with Gasteiger partial charge in [-0.2, -0.15) is 0 Å². The highest BCUT2D eigenvalue weighted by Crippen LogP contribution is 2.30. The third-order valence-electron chi connectivity index (χ3n) is 3.14. The Balaban J connectivity index is 1.50. The molecule has 22 heavy (non-hydrogen) atoms. The van der Waals surface area contributed by atoms with E-state index in [1.165, 1.54) is 18.2 Å². The summed E-state index contributed by atoms with van der Waals surface area (Å²) in [5.41, 5.74) is 0.392.